The summed E-state index contributed by atoms with van der Waals surface area (Å²) in [5.74, 6) is -0.492. The van der Waals surface area contributed by atoms with E-state index in [1.807, 2.05) is 182 Å². The van der Waals surface area contributed by atoms with Gasteiger partial charge in [0.25, 0.3) is 0 Å². The summed E-state index contributed by atoms with van der Waals surface area (Å²) < 4.78 is 98.4. The molecule has 0 saturated carbocycles. The molecule has 2 unspecified atom stereocenters. The van der Waals surface area contributed by atoms with E-state index in [-0.39, 0.29) is 52.9 Å². The van der Waals surface area contributed by atoms with Gasteiger partial charge < -0.3 is 52.5 Å². The Morgan fingerprint density at radius 2 is 0.769 bits per heavy atom. The minimum atomic E-state index is -4.42. The van der Waals surface area contributed by atoms with E-state index in [1.54, 1.807) is 36.4 Å². The molecule has 2 aliphatic rings. The highest BCUT2D eigenvalue weighted by Crippen LogP contribution is 2.38. The number of hydrogen-bond donors (Lipinski definition) is 1. The van der Waals surface area contributed by atoms with Crippen molar-refractivity contribution in [2.75, 3.05) is 13.2 Å². The molecular formula is C64H68O13S. The van der Waals surface area contributed by atoms with E-state index in [0.717, 1.165) is 33.4 Å². The Balaban J connectivity index is 1.16. The first-order valence-electron chi connectivity index (χ1n) is 26.3. The van der Waals surface area contributed by atoms with Crippen LogP contribution >= 0.6 is 0 Å². The largest absolute Gasteiger partial charge is 0.375 e. The molecule has 9 rings (SSSR count). The smallest absolute Gasteiger partial charge is 0.187 e. The fourth-order valence-corrected chi connectivity index (χ4v) is 11.0. The monoisotopic (exact) mass is 1080 g/mol. The van der Waals surface area contributed by atoms with Gasteiger partial charge in [0.05, 0.1) is 58.6 Å². The summed E-state index contributed by atoms with van der Waals surface area (Å²) in [6.07, 6.45) is -10.0. The second-order valence-corrected chi connectivity index (χ2v) is 21.3. The van der Waals surface area contributed by atoms with Crippen molar-refractivity contribution in [2.45, 2.75) is 112 Å². The van der Waals surface area contributed by atoms with E-state index in [9.17, 15) is 13.5 Å². The van der Waals surface area contributed by atoms with Gasteiger partial charge in [-0.1, -0.05) is 218 Å². The molecule has 0 aromatic heterocycles. The summed E-state index contributed by atoms with van der Waals surface area (Å²) in [7, 11) is -4.42. The number of aliphatic hydroxyl groups excluding tert-OH is 1. The molecule has 78 heavy (non-hydrogen) atoms. The van der Waals surface area contributed by atoms with Gasteiger partial charge in [0, 0.05) is 0 Å². The summed E-state index contributed by atoms with van der Waals surface area (Å²) in [5, 5.41) is 12.6. The fourth-order valence-electron chi connectivity index (χ4n) is 9.52. The Morgan fingerprint density at radius 3 is 1.18 bits per heavy atom. The topological polar surface area (TPSA) is 147 Å². The van der Waals surface area contributed by atoms with Crippen molar-refractivity contribution in [3.63, 3.8) is 0 Å². The number of hydrogen-bond acceptors (Lipinski definition) is 13. The predicted octanol–water partition coefficient (Wildman–Crippen LogP) is 10.1. The van der Waals surface area contributed by atoms with E-state index in [4.69, 9.17) is 47.4 Å². The Morgan fingerprint density at radius 1 is 0.423 bits per heavy atom. The van der Waals surface area contributed by atoms with Crippen molar-refractivity contribution in [3.05, 3.63) is 264 Å². The highest BCUT2D eigenvalue weighted by atomic mass is 32.2. The number of ether oxygens (including phenoxy) is 10. The molecule has 11 atom stereocenters. The van der Waals surface area contributed by atoms with Crippen molar-refractivity contribution in [2.24, 2.45) is 0 Å². The fraction of sp³-hybridized carbons (Fsp3) is 0.312. The lowest BCUT2D eigenvalue weighted by molar-refractivity contribution is -0.377. The molecule has 408 valence electrons. The van der Waals surface area contributed by atoms with Gasteiger partial charge in [0.2, 0.25) is 0 Å². The quantitative estimate of drug-likeness (QED) is 0.0465. The maximum atomic E-state index is 14.7. The van der Waals surface area contributed by atoms with Crippen LogP contribution in [0.15, 0.2) is 225 Å². The Kier molecular flexibility index (Phi) is 21.1. The molecule has 2 heterocycles. The van der Waals surface area contributed by atoms with Crippen molar-refractivity contribution < 1.29 is 60.9 Å². The Hall–Kier alpha value is -6.21. The molecule has 1 N–H and O–H groups in total. The molecule has 0 bridgehead atoms. The minimum absolute atomic E-state index is 0.0121. The van der Waals surface area contributed by atoms with Gasteiger partial charge in [-0.05, 0) is 38.9 Å². The van der Waals surface area contributed by atoms with Crippen molar-refractivity contribution in [1.29, 1.82) is 0 Å². The zero-order valence-corrected chi connectivity index (χ0v) is 44.3. The Bertz CT molecular complexity index is 2910. The molecule has 0 spiro atoms. The van der Waals surface area contributed by atoms with Crippen molar-refractivity contribution >= 4 is 9.84 Å². The first-order valence-corrected chi connectivity index (χ1v) is 28.0. The van der Waals surface area contributed by atoms with Crippen LogP contribution < -0.4 is 0 Å². The third-order valence-electron chi connectivity index (χ3n) is 13.5. The number of sulfone groups is 1. The SMILES string of the molecule is C=CCOC1O[C@H](COCc2ccccc2)[C@@H](O[C@@H]2O[C@H](C(O)S(=O)(=O)Cc3ccccc3)[C@@H](OCc3ccccc3)[C@H](OCc3ccccc3)[C@H]2OCc2ccccc2)[C@H](OCc2ccccc2)[C@H]1OCc1ccccc1. The lowest BCUT2D eigenvalue weighted by atomic mass is 9.95. The highest BCUT2D eigenvalue weighted by Gasteiger charge is 2.57. The van der Waals surface area contributed by atoms with Crippen LogP contribution in [0.25, 0.3) is 0 Å². The molecule has 0 radical (unpaired) electrons. The molecule has 0 amide bonds. The van der Waals surface area contributed by atoms with E-state index in [2.05, 4.69) is 6.58 Å². The molecule has 2 aliphatic heterocycles. The summed E-state index contributed by atoms with van der Waals surface area (Å²) in [6.45, 7) is 4.65. The van der Waals surface area contributed by atoms with Crippen molar-refractivity contribution in [3.8, 4) is 0 Å². The predicted molar refractivity (Wildman–Crippen MR) is 295 cm³/mol. The van der Waals surface area contributed by atoms with E-state index in [0.29, 0.717) is 5.56 Å². The summed E-state index contributed by atoms with van der Waals surface area (Å²) in [6, 6.07) is 66.6. The zero-order chi connectivity index (χ0) is 53.8. The molecule has 7 aromatic rings. The van der Waals surface area contributed by atoms with Crippen LogP contribution in [0.5, 0.6) is 0 Å². The van der Waals surface area contributed by atoms with Crippen LogP contribution in [-0.4, -0.2) is 93.6 Å². The first kappa shape index (κ1) is 56.5. The summed E-state index contributed by atoms with van der Waals surface area (Å²) in [4.78, 5) is 0. The van der Waals surface area contributed by atoms with Crippen LogP contribution in [0, 0.1) is 0 Å². The minimum Gasteiger partial charge on any atom is -0.375 e. The summed E-state index contributed by atoms with van der Waals surface area (Å²) in [5.41, 5.74) is 3.49. The average Bonchev–Trinajstić information content (AvgIpc) is 3.60. The first-order chi connectivity index (χ1) is 38.3. The number of rotatable bonds is 28. The second-order valence-electron chi connectivity index (χ2n) is 19.2. The lowest BCUT2D eigenvalue weighted by Crippen LogP contribution is -2.67. The van der Waals surface area contributed by atoms with Gasteiger partial charge in [-0.2, -0.15) is 0 Å². The third kappa shape index (κ3) is 16.0. The molecule has 13 nitrogen and oxygen atoms in total. The van der Waals surface area contributed by atoms with E-state index in [1.165, 1.54) is 0 Å². The van der Waals surface area contributed by atoms with Crippen LogP contribution in [-0.2, 0) is 103 Å². The van der Waals surface area contributed by atoms with Gasteiger partial charge in [-0.15, -0.1) is 6.58 Å². The molecule has 7 aromatic carbocycles. The maximum absolute atomic E-state index is 14.7. The van der Waals surface area contributed by atoms with Crippen LogP contribution in [0.4, 0.5) is 0 Å². The standard InChI is InChI=1S/C64H68O13S/c1-2-38-69-63-60(73-43-51-32-18-7-19-33-51)56(70-40-48-26-12-4-13-27-48)55(54(75-63)45-68-39-47-24-10-3-11-25-47)76-64-61(74-44-52-34-20-8-21-35-52)58(72-42-50-30-16-6-17-31-50)57(71-41-49-28-14-5-15-29-49)59(77-64)62(65)78(66,67)46-53-36-22-9-23-37-53/h2-37,54-65H,1,38-46H2/t54-,55-,56+,57+,58+,59+,60-,61-,62?,63?,64-/m1/s1. The van der Waals surface area contributed by atoms with E-state index >= 15 is 0 Å². The van der Waals surface area contributed by atoms with E-state index < -0.39 is 82.4 Å². The Labute approximate surface area is 458 Å². The van der Waals surface area contributed by atoms with Crippen LogP contribution in [0.2, 0.25) is 0 Å². The van der Waals surface area contributed by atoms with Gasteiger partial charge in [0.15, 0.2) is 27.9 Å². The lowest BCUT2D eigenvalue weighted by Gasteiger charge is -2.50. The normalized spacial score (nSPS) is 23.8. The average molecular weight is 1080 g/mol. The van der Waals surface area contributed by atoms with Crippen LogP contribution in [0.1, 0.15) is 38.9 Å². The third-order valence-corrected chi connectivity index (χ3v) is 15.2. The zero-order valence-electron chi connectivity index (χ0n) is 43.5. The number of aliphatic hydroxyl groups is 1. The maximum Gasteiger partial charge on any atom is 0.187 e. The van der Waals surface area contributed by atoms with Gasteiger partial charge in [-0.3, -0.25) is 0 Å². The van der Waals surface area contributed by atoms with Crippen LogP contribution in [0.3, 0.4) is 0 Å². The molecule has 2 fully saturated rings. The van der Waals surface area contributed by atoms with Gasteiger partial charge >= 0.3 is 0 Å². The van der Waals surface area contributed by atoms with Crippen molar-refractivity contribution in [1.82, 2.24) is 0 Å². The number of benzene rings is 7. The molecule has 14 heteroatoms. The second kappa shape index (κ2) is 29.1. The highest BCUT2D eigenvalue weighted by molar-refractivity contribution is 7.91. The molecular weight excluding hydrogens is 1010 g/mol. The molecule has 2 saturated heterocycles. The molecule has 0 aliphatic carbocycles. The van der Waals surface area contributed by atoms with Gasteiger partial charge in [0.1, 0.15) is 48.8 Å². The van der Waals surface area contributed by atoms with Gasteiger partial charge in [-0.25, -0.2) is 8.42 Å². The summed E-state index contributed by atoms with van der Waals surface area (Å²) >= 11 is 0.